The van der Waals surface area contributed by atoms with Crippen LogP contribution in [0.3, 0.4) is 0 Å². The van der Waals surface area contributed by atoms with Crippen LogP contribution in [0.4, 0.5) is 4.39 Å². The number of halogens is 1. The molecule has 0 saturated heterocycles. The van der Waals surface area contributed by atoms with E-state index in [1.165, 1.54) is 18.3 Å². The van der Waals surface area contributed by atoms with Crippen molar-refractivity contribution in [2.75, 3.05) is 0 Å². The Bertz CT molecular complexity index is 649. The predicted octanol–water partition coefficient (Wildman–Crippen LogP) is 2.63. The summed E-state index contributed by atoms with van der Waals surface area (Å²) in [6.45, 7) is 0. The van der Waals surface area contributed by atoms with Crippen LogP contribution in [0.1, 0.15) is 5.56 Å². The Morgan fingerprint density at radius 3 is 2.17 bits per heavy atom. The number of benzene rings is 2. The molecule has 0 bridgehead atoms. The summed E-state index contributed by atoms with van der Waals surface area (Å²) < 4.78 is 39.8. The zero-order chi connectivity index (χ0) is 13.0. The summed E-state index contributed by atoms with van der Waals surface area (Å²) in [5.74, 6) is -0.485. The lowest BCUT2D eigenvalue weighted by Crippen LogP contribution is -1.97. The molecule has 0 heterocycles. The predicted molar refractivity (Wildman–Crippen MR) is 67.6 cm³/mol. The third-order valence-corrected chi connectivity index (χ3v) is 3.50. The third-order valence-electron chi connectivity index (χ3n) is 2.25. The monoisotopic (exact) mass is 263 g/mol. The highest BCUT2D eigenvalue weighted by atomic mass is 32.2. The lowest BCUT2D eigenvalue weighted by Gasteiger charge is -1.98. The van der Waals surface area contributed by atoms with Crippen LogP contribution in [0.2, 0.25) is 0 Å². The molecule has 2 aromatic carbocycles. The number of sulfonamides is 1. The molecule has 18 heavy (non-hydrogen) atoms. The van der Waals surface area contributed by atoms with Crippen LogP contribution in [0.25, 0.3) is 0 Å². The van der Waals surface area contributed by atoms with Gasteiger partial charge in [0.1, 0.15) is 5.82 Å². The van der Waals surface area contributed by atoms with E-state index in [2.05, 4.69) is 4.40 Å². The van der Waals surface area contributed by atoms with Crippen molar-refractivity contribution in [1.29, 1.82) is 0 Å². The van der Waals surface area contributed by atoms with Crippen LogP contribution in [-0.4, -0.2) is 14.6 Å². The minimum Gasteiger partial charge on any atom is -0.207 e. The molecule has 0 radical (unpaired) electrons. The minimum absolute atomic E-state index is 0.0314. The summed E-state index contributed by atoms with van der Waals surface area (Å²) in [4.78, 5) is -0.0314. The second-order valence-electron chi connectivity index (χ2n) is 3.57. The Hall–Kier alpha value is -2.01. The van der Waals surface area contributed by atoms with E-state index in [4.69, 9.17) is 0 Å². The molecule has 0 aromatic heterocycles. The molecule has 2 aromatic rings. The Kier molecular flexibility index (Phi) is 3.53. The second-order valence-corrected chi connectivity index (χ2v) is 5.21. The van der Waals surface area contributed by atoms with Crippen LogP contribution in [0.5, 0.6) is 0 Å². The molecule has 0 aliphatic carbocycles. The van der Waals surface area contributed by atoms with Crippen molar-refractivity contribution in [1.82, 2.24) is 0 Å². The second kappa shape index (κ2) is 5.10. The molecule has 3 nitrogen and oxygen atoms in total. The molecule has 0 aliphatic heterocycles. The molecule has 2 rings (SSSR count). The van der Waals surface area contributed by atoms with E-state index in [0.717, 1.165) is 12.1 Å². The average molecular weight is 263 g/mol. The quantitative estimate of drug-likeness (QED) is 0.799. The first-order chi connectivity index (χ1) is 8.58. The molecular formula is C13H10FNO2S. The molecule has 0 spiro atoms. The average Bonchev–Trinajstić information content (AvgIpc) is 2.38. The fourth-order valence-electron chi connectivity index (χ4n) is 1.34. The zero-order valence-electron chi connectivity index (χ0n) is 9.32. The van der Waals surface area contributed by atoms with E-state index in [-0.39, 0.29) is 4.90 Å². The SMILES string of the molecule is O=S(=O)(/N=C/c1ccccc1)c1ccc(F)cc1. The maximum Gasteiger partial charge on any atom is 0.282 e. The summed E-state index contributed by atoms with van der Waals surface area (Å²) >= 11 is 0. The highest BCUT2D eigenvalue weighted by molar-refractivity contribution is 7.90. The molecule has 0 unspecified atom stereocenters. The van der Waals surface area contributed by atoms with Crippen molar-refractivity contribution >= 4 is 16.2 Å². The zero-order valence-corrected chi connectivity index (χ0v) is 10.1. The topological polar surface area (TPSA) is 46.5 Å². The first kappa shape index (κ1) is 12.4. The van der Waals surface area contributed by atoms with E-state index in [1.807, 2.05) is 6.07 Å². The van der Waals surface area contributed by atoms with Crippen LogP contribution in [-0.2, 0) is 10.0 Å². The molecule has 0 amide bonds. The summed E-state index contributed by atoms with van der Waals surface area (Å²) in [6, 6.07) is 13.4. The van der Waals surface area contributed by atoms with Crippen molar-refractivity contribution in [3.63, 3.8) is 0 Å². The van der Waals surface area contributed by atoms with Crippen molar-refractivity contribution in [3.8, 4) is 0 Å². The van der Waals surface area contributed by atoms with Gasteiger partial charge in [-0.05, 0) is 29.8 Å². The molecule has 0 N–H and O–H groups in total. The first-order valence-electron chi connectivity index (χ1n) is 5.19. The Morgan fingerprint density at radius 1 is 0.944 bits per heavy atom. The van der Waals surface area contributed by atoms with Gasteiger partial charge in [0.25, 0.3) is 10.0 Å². The van der Waals surface area contributed by atoms with Gasteiger partial charge in [0.05, 0.1) is 4.90 Å². The van der Waals surface area contributed by atoms with Gasteiger partial charge >= 0.3 is 0 Å². The van der Waals surface area contributed by atoms with Crippen LogP contribution in [0.15, 0.2) is 63.9 Å². The van der Waals surface area contributed by atoms with Crippen molar-refractivity contribution < 1.29 is 12.8 Å². The van der Waals surface area contributed by atoms with E-state index < -0.39 is 15.8 Å². The van der Waals surface area contributed by atoms with Crippen LogP contribution < -0.4 is 0 Å². The first-order valence-corrected chi connectivity index (χ1v) is 6.63. The van der Waals surface area contributed by atoms with Crippen molar-refractivity contribution in [3.05, 3.63) is 66.0 Å². The van der Waals surface area contributed by atoms with Gasteiger partial charge in [-0.3, -0.25) is 0 Å². The molecular weight excluding hydrogens is 253 g/mol. The number of nitrogens with zero attached hydrogens (tertiary/aromatic N) is 1. The Morgan fingerprint density at radius 2 is 1.56 bits per heavy atom. The summed E-state index contributed by atoms with van der Waals surface area (Å²) in [5, 5.41) is 0. The molecule has 0 fully saturated rings. The Balaban J connectivity index is 2.28. The van der Waals surface area contributed by atoms with Crippen molar-refractivity contribution in [2.45, 2.75) is 4.90 Å². The minimum atomic E-state index is -3.77. The highest BCUT2D eigenvalue weighted by Crippen LogP contribution is 2.12. The molecule has 92 valence electrons. The van der Waals surface area contributed by atoms with Gasteiger partial charge in [0.2, 0.25) is 0 Å². The Labute approximate surface area is 105 Å². The van der Waals surface area contributed by atoms with Crippen molar-refractivity contribution in [2.24, 2.45) is 4.40 Å². The van der Waals surface area contributed by atoms with Gasteiger partial charge in [-0.15, -0.1) is 0 Å². The number of hydrogen-bond donors (Lipinski definition) is 0. The standard InChI is InChI=1S/C13H10FNO2S/c14-12-6-8-13(9-7-12)18(16,17)15-10-11-4-2-1-3-5-11/h1-10H/b15-10+. The van der Waals surface area contributed by atoms with E-state index in [1.54, 1.807) is 24.3 Å². The highest BCUT2D eigenvalue weighted by Gasteiger charge is 2.11. The fraction of sp³-hybridized carbons (Fsp3) is 0. The molecule has 0 aliphatic rings. The largest absolute Gasteiger partial charge is 0.282 e. The summed E-state index contributed by atoms with van der Waals surface area (Å²) in [6.07, 6.45) is 1.26. The van der Waals surface area contributed by atoms with Crippen LogP contribution >= 0.6 is 0 Å². The lowest BCUT2D eigenvalue weighted by molar-refractivity contribution is 0.597. The van der Waals surface area contributed by atoms with E-state index >= 15 is 0 Å². The molecule has 0 saturated carbocycles. The maximum atomic E-state index is 12.7. The van der Waals surface area contributed by atoms with Gasteiger partial charge in [-0.1, -0.05) is 30.3 Å². The normalized spacial score (nSPS) is 11.8. The fourth-order valence-corrected chi connectivity index (χ4v) is 2.20. The number of rotatable bonds is 3. The smallest absolute Gasteiger partial charge is 0.207 e. The number of hydrogen-bond acceptors (Lipinski definition) is 2. The van der Waals surface area contributed by atoms with E-state index in [9.17, 15) is 12.8 Å². The van der Waals surface area contributed by atoms with Gasteiger partial charge in [0.15, 0.2) is 0 Å². The van der Waals surface area contributed by atoms with Gasteiger partial charge in [-0.2, -0.15) is 12.8 Å². The van der Waals surface area contributed by atoms with Gasteiger partial charge in [0, 0.05) is 6.21 Å². The van der Waals surface area contributed by atoms with Crippen LogP contribution in [0, 0.1) is 5.82 Å². The van der Waals surface area contributed by atoms with Gasteiger partial charge in [-0.25, -0.2) is 4.39 Å². The van der Waals surface area contributed by atoms with Gasteiger partial charge < -0.3 is 0 Å². The summed E-state index contributed by atoms with van der Waals surface area (Å²) in [5.41, 5.74) is 0.684. The van der Waals surface area contributed by atoms with E-state index in [0.29, 0.717) is 5.56 Å². The lowest BCUT2D eigenvalue weighted by atomic mass is 10.2. The molecule has 0 atom stereocenters. The summed E-state index contributed by atoms with van der Waals surface area (Å²) in [7, 11) is -3.77. The maximum absolute atomic E-state index is 12.7. The third kappa shape index (κ3) is 3.01. The molecule has 5 heteroatoms.